The van der Waals surface area contributed by atoms with Crippen LogP contribution < -0.4 is 5.32 Å². The Kier molecular flexibility index (Phi) is 4.26. The lowest BCUT2D eigenvalue weighted by atomic mass is 10.2. The fourth-order valence-electron chi connectivity index (χ4n) is 2.89. The van der Waals surface area contributed by atoms with E-state index in [4.69, 9.17) is 9.84 Å². The number of carbonyl (C=O) groups is 2. The Morgan fingerprint density at radius 3 is 2.74 bits per heavy atom. The van der Waals surface area contributed by atoms with Crippen molar-refractivity contribution in [2.75, 3.05) is 13.7 Å². The maximum Gasteiger partial charge on any atom is 0.326 e. The lowest BCUT2D eigenvalue weighted by molar-refractivity contribution is -0.141. The summed E-state index contributed by atoms with van der Waals surface area (Å²) in [6.45, 7) is 0.0627. The van der Waals surface area contributed by atoms with E-state index in [9.17, 15) is 14.7 Å². The number of urea groups is 1. The van der Waals surface area contributed by atoms with Gasteiger partial charge in [0, 0.05) is 20.1 Å². The van der Waals surface area contributed by atoms with Crippen molar-refractivity contribution in [3.05, 3.63) is 0 Å². The van der Waals surface area contributed by atoms with Crippen molar-refractivity contribution in [3.63, 3.8) is 0 Å². The normalized spacial score (nSPS) is 34.5. The van der Waals surface area contributed by atoms with Gasteiger partial charge in [-0.25, -0.2) is 9.59 Å². The van der Waals surface area contributed by atoms with Gasteiger partial charge >= 0.3 is 12.0 Å². The molecule has 4 unspecified atom stereocenters. The van der Waals surface area contributed by atoms with Gasteiger partial charge in [0.25, 0.3) is 0 Å². The molecule has 1 aliphatic carbocycles. The monoisotopic (exact) mass is 272 g/mol. The lowest BCUT2D eigenvalue weighted by Crippen LogP contribution is -2.51. The van der Waals surface area contributed by atoms with E-state index in [0.29, 0.717) is 0 Å². The third kappa shape index (κ3) is 2.98. The van der Waals surface area contributed by atoms with Crippen LogP contribution in [-0.4, -0.2) is 65.1 Å². The molecule has 2 rings (SSSR count). The Labute approximate surface area is 111 Å². The first-order chi connectivity index (χ1) is 9.02. The maximum atomic E-state index is 12.1. The van der Waals surface area contributed by atoms with Gasteiger partial charge in [0.15, 0.2) is 0 Å². The molecule has 108 valence electrons. The van der Waals surface area contributed by atoms with Crippen molar-refractivity contribution in [2.24, 2.45) is 0 Å². The van der Waals surface area contributed by atoms with Crippen LogP contribution in [0.4, 0.5) is 4.79 Å². The van der Waals surface area contributed by atoms with Gasteiger partial charge in [0.05, 0.1) is 18.2 Å². The molecule has 0 bridgehead atoms. The molecule has 1 aliphatic heterocycles. The number of rotatable bonds is 3. The van der Waals surface area contributed by atoms with E-state index in [1.807, 2.05) is 0 Å². The highest BCUT2D eigenvalue weighted by Crippen LogP contribution is 2.23. The van der Waals surface area contributed by atoms with Gasteiger partial charge in [0.1, 0.15) is 6.04 Å². The summed E-state index contributed by atoms with van der Waals surface area (Å²) in [6.07, 6.45) is 2.01. The van der Waals surface area contributed by atoms with E-state index in [1.165, 1.54) is 4.90 Å². The molecule has 0 aromatic rings. The predicted octanol–water partition coefficient (Wildman–Crippen LogP) is -0.217. The van der Waals surface area contributed by atoms with E-state index in [1.54, 1.807) is 7.11 Å². The zero-order valence-corrected chi connectivity index (χ0v) is 10.9. The number of hydrogen-bond acceptors (Lipinski definition) is 4. The van der Waals surface area contributed by atoms with Gasteiger partial charge in [-0.05, 0) is 19.3 Å². The number of ether oxygens (including phenoxy) is 1. The van der Waals surface area contributed by atoms with Crippen molar-refractivity contribution in [3.8, 4) is 0 Å². The molecule has 2 aliphatic rings. The molecule has 2 fully saturated rings. The number of methoxy groups -OCH3 is 1. The van der Waals surface area contributed by atoms with E-state index < -0.39 is 24.1 Å². The second-order valence-electron chi connectivity index (χ2n) is 5.16. The Hall–Kier alpha value is -1.34. The van der Waals surface area contributed by atoms with Gasteiger partial charge in [0.2, 0.25) is 0 Å². The number of nitrogens with one attached hydrogen (secondary N) is 1. The SMILES string of the molecule is COC1CCCC1NC(=O)N1CC(O)CC1C(=O)O. The van der Waals surface area contributed by atoms with Gasteiger partial charge in [-0.2, -0.15) is 0 Å². The first-order valence-corrected chi connectivity index (χ1v) is 6.53. The molecule has 0 radical (unpaired) electrons. The van der Waals surface area contributed by atoms with Crippen LogP contribution in [0.2, 0.25) is 0 Å². The third-order valence-electron chi connectivity index (χ3n) is 3.89. The molecule has 0 spiro atoms. The van der Waals surface area contributed by atoms with E-state index in [0.717, 1.165) is 19.3 Å². The van der Waals surface area contributed by atoms with E-state index in [2.05, 4.69) is 5.32 Å². The van der Waals surface area contributed by atoms with Crippen LogP contribution >= 0.6 is 0 Å². The fraction of sp³-hybridized carbons (Fsp3) is 0.833. The zero-order chi connectivity index (χ0) is 14.0. The van der Waals surface area contributed by atoms with Crippen molar-refractivity contribution < 1.29 is 24.5 Å². The predicted molar refractivity (Wildman–Crippen MR) is 65.7 cm³/mol. The molecule has 3 N–H and O–H groups in total. The number of amides is 2. The molecule has 7 nitrogen and oxygen atoms in total. The number of β-amino-alcohol motifs (C(OH)–C–C–N with tert-alkyl or cyclic N) is 1. The number of likely N-dealkylation sites (tertiary alicyclic amines) is 1. The minimum Gasteiger partial charge on any atom is -0.480 e. The zero-order valence-electron chi connectivity index (χ0n) is 10.9. The second-order valence-corrected chi connectivity index (χ2v) is 5.16. The molecule has 1 saturated heterocycles. The summed E-state index contributed by atoms with van der Waals surface area (Å²) in [5, 5.41) is 21.4. The van der Waals surface area contributed by atoms with Crippen LogP contribution in [0.3, 0.4) is 0 Å². The summed E-state index contributed by atoms with van der Waals surface area (Å²) in [7, 11) is 1.61. The molecule has 7 heteroatoms. The number of carboxylic acids is 1. The van der Waals surface area contributed by atoms with Crippen molar-refractivity contribution in [2.45, 2.75) is 50.0 Å². The highest BCUT2D eigenvalue weighted by Gasteiger charge is 2.40. The molecule has 0 aromatic carbocycles. The summed E-state index contributed by atoms with van der Waals surface area (Å²) in [4.78, 5) is 24.4. The molecular formula is C12H20N2O5. The molecule has 0 aromatic heterocycles. The number of carbonyl (C=O) groups excluding carboxylic acids is 1. The van der Waals surface area contributed by atoms with Crippen LogP contribution in [0, 0.1) is 0 Å². The smallest absolute Gasteiger partial charge is 0.326 e. The molecule has 1 heterocycles. The van der Waals surface area contributed by atoms with Crippen LogP contribution in [0.25, 0.3) is 0 Å². The van der Waals surface area contributed by atoms with Crippen molar-refractivity contribution in [1.29, 1.82) is 0 Å². The van der Waals surface area contributed by atoms with Crippen LogP contribution in [-0.2, 0) is 9.53 Å². The number of aliphatic carboxylic acids is 1. The lowest BCUT2D eigenvalue weighted by Gasteiger charge is -2.26. The standard InChI is InChI=1S/C12H20N2O5/c1-19-10-4-2-3-8(10)13-12(18)14-6-7(15)5-9(14)11(16)17/h7-10,15H,2-6H2,1H3,(H,13,18)(H,16,17). The van der Waals surface area contributed by atoms with Gasteiger partial charge < -0.3 is 25.2 Å². The molecule has 4 atom stereocenters. The van der Waals surface area contributed by atoms with Gasteiger partial charge in [-0.3, -0.25) is 0 Å². The summed E-state index contributed by atoms with van der Waals surface area (Å²) < 4.78 is 5.28. The highest BCUT2D eigenvalue weighted by molar-refractivity contribution is 5.83. The molecule has 1 saturated carbocycles. The maximum absolute atomic E-state index is 12.1. The number of aliphatic hydroxyl groups excluding tert-OH is 1. The van der Waals surface area contributed by atoms with Gasteiger partial charge in [-0.15, -0.1) is 0 Å². The number of carboxylic acid groups (broad SMARTS) is 1. The Morgan fingerprint density at radius 2 is 2.11 bits per heavy atom. The first kappa shape index (κ1) is 14.1. The van der Waals surface area contributed by atoms with Crippen LogP contribution in [0.5, 0.6) is 0 Å². The van der Waals surface area contributed by atoms with Crippen LogP contribution in [0.15, 0.2) is 0 Å². The minimum absolute atomic E-state index is 0.0141. The van der Waals surface area contributed by atoms with Crippen LogP contribution in [0.1, 0.15) is 25.7 Å². The van der Waals surface area contributed by atoms with Crippen molar-refractivity contribution in [1.82, 2.24) is 10.2 Å². The average Bonchev–Trinajstić information content (AvgIpc) is 2.95. The molecule has 2 amide bonds. The topological polar surface area (TPSA) is 99.1 Å². The second kappa shape index (κ2) is 5.75. The minimum atomic E-state index is -1.08. The van der Waals surface area contributed by atoms with Crippen molar-refractivity contribution >= 4 is 12.0 Å². The fourth-order valence-corrected chi connectivity index (χ4v) is 2.89. The van der Waals surface area contributed by atoms with Gasteiger partial charge in [-0.1, -0.05) is 0 Å². The Bertz CT molecular complexity index is 362. The summed E-state index contributed by atoms with van der Waals surface area (Å²) in [5.74, 6) is -1.08. The molecular weight excluding hydrogens is 252 g/mol. The van der Waals surface area contributed by atoms with E-state index in [-0.39, 0.29) is 25.1 Å². The Balaban J connectivity index is 1.97. The summed E-state index contributed by atoms with van der Waals surface area (Å²) in [5.41, 5.74) is 0. The number of aliphatic hydroxyl groups is 1. The quantitative estimate of drug-likeness (QED) is 0.660. The Morgan fingerprint density at radius 1 is 1.37 bits per heavy atom. The molecule has 19 heavy (non-hydrogen) atoms. The third-order valence-corrected chi connectivity index (χ3v) is 3.89. The largest absolute Gasteiger partial charge is 0.480 e. The van der Waals surface area contributed by atoms with E-state index >= 15 is 0 Å². The average molecular weight is 272 g/mol. The first-order valence-electron chi connectivity index (χ1n) is 6.53. The number of nitrogens with zero attached hydrogens (tertiary/aromatic N) is 1. The number of hydrogen-bond donors (Lipinski definition) is 3. The summed E-state index contributed by atoms with van der Waals surface area (Å²) in [6, 6.07) is -1.46. The highest BCUT2D eigenvalue weighted by atomic mass is 16.5. The summed E-state index contributed by atoms with van der Waals surface area (Å²) >= 11 is 0.